The largest absolute Gasteiger partial charge is 0.350 e. The smallest absolute Gasteiger partial charge is 0.258 e. The first-order chi connectivity index (χ1) is 14.4. The lowest BCUT2D eigenvalue weighted by Crippen LogP contribution is -2.34. The van der Waals surface area contributed by atoms with Crippen molar-refractivity contribution < 1.29 is 14.0 Å². The van der Waals surface area contributed by atoms with Crippen molar-refractivity contribution in [3.63, 3.8) is 0 Å². The van der Waals surface area contributed by atoms with Gasteiger partial charge in [-0.25, -0.2) is 4.39 Å². The maximum absolute atomic E-state index is 13.9. The van der Waals surface area contributed by atoms with Crippen molar-refractivity contribution in [2.75, 3.05) is 26.0 Å². The topological polar surface area (TPSA) is 61.4 Å². The molecule has 0 aliphatic rings. The predicted molar refractivity (Wildman–Crippen MR) is 119 cm³/mol. The number of amides is 2. The van der Waals surface area contributed by atoms with Gasteiger partial charge in [0, 0.05) is 22.7 Å². The van der Waals surface area contributed by atoms with Gasteiger partial charge < -0.3 is 15.5 Å². The average Bonchev–Trinajstić information content (AvgIpc) is 3.24. The number of hydrogen-bond acceptors (Lipinski definition) is 4. The quantitative estimate of drug-likeness (QED) is 0.587. The Bertz CT molecular complexity index is 1030. The lowest BCUT2D eigenvalue weighted by molar-refractivity contribution is 0.0941. The van der Waals surface area contributed by atoms with Crippen LogP contribution in [0.25, 0.3) is 0 Å². The van der Waals surface area contributed by atoms with Gasteiger partial charge in [-0.2, -0.15) is 0 Å². The summed E-state index contributed by atoms with van der Waals surface area (Å²) >= 11 is 1.65. The van der Waals surface area contributed by atoms with Crippen molar-refractivity contribution in [1.29, 1.82) is 0 Å². The molecule has 1 unspecified atom stereocenters. The average molecular weight is 426 g/mol. The molecule has 7 heteroatoms. The van der Waals surface area contributed by atoms with Crippen molar-refractivity contribution in [1.82, 2.24) is 10.2 Å². The number of thiophene rings is 1. The van der Waals surface area contributed by atoms with E-state index in [-0.39, 0.29) is 17.5 Å². The van der Waals surface area contributed by atoms with Crippen molar-refractivity contribution >= 4 is 28.8 Å². The third-order valence-corrected chi connectivity index (χ3v) is 5.79. The van der Waals surface area contributed by atoms with E-state index in [9.17, 15) is 14.0 Å². The Kier molecular flexibility index (Phi) is 6.97. The van der Waals surface area contributed by atoms with Crippen LogP contribution < -0.4 is 10.6 Å². The van der Waals surface area contributed by atoms with E-state index in [1.807, 2.05) is 38.5 Å². The van der Waals surface area contributed by atoms with Gasteiger partial charge in [0.1, 0.15) is 5.82 Å². The van der Waals surface area contributed by atoms with Gasteiger partial charge in [0.2, 0.25) is 0 Å². The molecule has 1 atom stereocenters. The van der Waals surface area contributed by atoms with E-state index >= 15 is 0 Å². The number of aryl methyl sites for hydroxylation is 1. The molecular formula is C23H24FN3O2S. The Morgan fingerprint density at radius 1 is 1.07 bits per heavy atom. The number of nitrogens with one attached hydrogen (secondary N) is 2. The van der Waals surface area contributed by atoms with Crippen molar-refractivity contribution in [2.24, 2.45) is 0 Å². The molecule has 30 heavy (non-hydrogen) atoms. The number of halogens is 1. The van der Waals surface area contributed by atoms with Crippen LogP contribution in [0.2, 0.25) is 0 Å². The molecule has 0 bridgehead atoms. The molecule has 0 aliphatic heterocycles. The standard InChI is InChI=1S/C23H24FN3O2S/c1-15-10-11-16(13-19(15)26-23(29)17-7-4-5-8-18(17)24)22(28)25-14-20(27(2)3)21-9-6-12-30-21/h4-13,20H,14H2,1-3H3,(H,25,28)(H,26,29). The maximum atomic E-state index is 13.9. The molecule has 2 N–H and O–H groups in total. The van der Waals surface area contributed by atoms with Gasteiger partial charge in [0.15, 0.2) is 0 Å². The summed E-state index contributed by atoms with van der Waals surface area (Å²) in [7, 11) is 3.94. The van der Waals surface area contributed by atoms with Gasteiger partial charge in [-0.15, -0.1) is 11.3 Å². The molecule has 2 aromatic carbocycles. The molecule has 1 heterocycles. The second-order valence-corrected chi connectivity index (χ2v) is 8.15. The van der Waals surface area contributed by atoms with E-state index in [2.05, 4.69) is 15.5 Å². The number of nitrogens with zero attached hydrogens (tertiary/aromatic N) is 1. The summed E-state index contributed by atoms with van der Waals surface area (Å²) in [5, 5.41) is 7.68. The maximum Gasteiger partial charge on any atom is 0.258 e. The molecule has 2 amide bonds. The Morgan fingerprint density at radius 3 is 2.50 bits per heavy atom. The fourth-order valence-corrected chi connectivity index (χ4v) is 3.97. The normalized spacial score (nSPS) is 11.9. The molecule has 3 rings (SSSR count). The second-order valence-electron chi connectivity index (χ2n) is 7.17. The number of benzene rings is 2. The fraction of sp³-hybridized carbons (Fsp3) is 0.217. The first-order valence-corrected chi connectivity index (χ1v) is 10.4. The van der Waals surface area contributed by atoms with Gasteiger partial charge >= 0.3 is 0 Å². The van der Waals surface area contributed by atoms with Crippen LogP contribution in [0.5, 0.6) is 0 Å². The summed E-state index contributed by atoms with van der Waals surface area (Å²) in [6.45, 7) is 2.27. The van der Waals surface area contributed by atoms with Crippen molar-refractivity contribution in [3.05, 3.63) is 87.4 Å². The highest BCUT2D eigenvalue weighted by molar-refractivity contribution is 7.10. The van der Waals surface area contributed by atoms with Crippen molar-refractivity contribution in [2.45, 2.75) is 13.0 Å². The predicted octanol–water partition coefficient (Wildman–Crippen LogP) is 4.48. The van der Waals surface area contributed by atoms with E-state index in [0.29, 0.717) is 17.8 Å². The number of hydrogen-bond donors (Lipinski definition) is 2. The molecule has 156 valence electrons. The minimum atomic E-state index is -0.593. The van der Waals surface area contributed by atoms with Gasteiger partial charge in [-0.05, 0) is 62.3 Å². The van der Waals surface area contributed by atoms with Crippen LogP contribution in [0.4, 0.5) is 10.1 Å². The van der Waals surface area contributed by atoms with Gasteiger partial charge in [0.25, 0.3) is 11.8 Å². The molecule has 3 aromatic rings. The number of likely N-dealkylation sites (N-methyl/N-ethyl adjacent to an activating group) is 1. The summed E-state index contributed by atoms with van der Waals surface area (Å²) in [6, 6.07) is 15.0. The molecule has 0 saturated heterocycles. The summed E-state index contributed by atoms with van der Waals surface area (Å²) < 4.78 is 13.9. The lowest BCUT2D eigenvalue weighted by Gasteiger charge is -2.23. The highest BCUT2D eigenvalue weighted by Gasteiger charge is 2.18. The molecule has 0 radical (unpaired) electrons. The summed E-state index contributed by atoms with van der Waals surface area (Å²) in [4.78, 5) is 28.4. The van der Waals surface area contributed by atoms with E-state index in [4.69, 9.17) is 0 Å². The second kappa shape index (κ2) is 9.65. The molecule has 1 aromatic heterocycles. The summed E-state index contributed by atoms with van der Waals surface area (Å²) in [6.07, 6.45) is 0. The van der Waals surface area contributed by atoms with Gasteiger partial charge in [0.05, 0.1) is 11.6 Å². The third-order valence-electron chi connectivity index (χ3n) is 4.82. The van der Waals surface area contributed by atoms with Crippen molar-refractivity contribution in [3.8, 4) is 0 Å². The zero-order chi connectivity index (χ0) is 21.7. The molecule has 0 saturated carbocycles. The first-order valence-electron chi connectivity index (χ1n) is 9.51. The lowest BCUT2D eigenvalue weighted by atomic mass is 10.1. The molecule has 0 spiro atoms. The minimum Gasteiger partial charge on any atom is -0.350 e. The minimum absolute atomic E-state index is 0.0449. The third kappa shape index (κ3) is 5.11. The zero-order valence-corrected chi connectivity index (χ0v) is 17.9. The molecule has 0 fully saturated rings. The Morgan fingerprint density at radius 2 is 1.83 bits per heavy atom. The van der Waals surface area contributed by atoms with Gasteiger partial charge in [-0.3, -0.25) is 9.59 Å². The Labute approximate surface area is 179 Å². The number of carbonyl (C=O) groups excluding carboxylic acids is 2. The van der Waals surface area contributed by atoms with Crippen LogP contribution >= 0.6 is 11.3 Å². The van der Waals surface area contributed by atoms with Crippen LogP contribution in [0.1, 0.15) is 37.2 Å². The van der Waals surface area contributed by atoms with Crippen LogP contribution in [0.3, 0.4) is 0 Å². The highest BCUT2D eigenvalue weighted by atomic mass is 32.1. The molecular weight excluding hydrogens is 401 g/mol. The van der Waals surface area contributed by atoms with E-state index in [1.54, 1.807) is 35.6 Å². The van der Waals surface area contributed by atoms with E-state index in [1.165, 1.54) is 23.1 Å². The monoisotopic (exact) mass is 425 g/mol. The fourth-order valence-electron chi connectivity index (χ4n) is 3.04. The van der Waals surface area contributed by atoms with E-state index in [0.717, 1.165) is 5.56 Å². The van der Waals surface area contributed by atoms with Crippen LogP contribution in [-0.4, -0.2) is 37.4 Å². The van der Waals surface area contributed by atoms with Crippen LogP contribution in [0, 0.1) is 12.7 Å². The van der Waals surface area contributed by atoms with Crippen LogP contribution in [0.15, 0.2) is 60.0 Å². The highest BCUT2D eigenvalue weighted by Crippen LogP contribution is 2.23. The first kappa shape index (κ1) is 21.7. The number of anilines is 1. The zero-order valence-electron chi connectivity index (χ0n) is 17.1. The van der Waals surface area contributed by atoms with Crippen LogP contribution in [-0.2, 0) is 0 Å². The Balaban J connectivity index is 1.72. The SMILES string of the molecule is Cc1ccc(C(=O)NCC(c2cccs2)N(C)C)cc1NC(=O)c1ccccc1F. The molecule has 0 aliphatic carbocycles. The number of carbonyl (C=O) groups is 2. The van der Waals surface area contributed by atoms with Gasteiger partial charge in [-0.1, -0.05) is 24.3 Å². The molecule has 5 nitrogen and oxygen atoms in total. The Hall–Kier alpha value is -3.03. The summed E-state index contributed by atoms with van der Waals surface area (Å²) in [5.41, 5.74) is 1.63. The summed E-state index contributed by atoms with van der Waals surface area (Å²) in [5.74, 6) is -1.39. The number of rotatable bonds is 7. The van der Waals surface area contributed by atoms with E-state index < -0.39 is 11.7 Å².